The Morgan fingerprint density at radius 2 is 1.64 bits per heavy atom. The first-order valence-electron chi connectivity index (χ1n) is 12.0. The maximum Gasteiger partial charge on any atom is 0.254 e. The van der Waals surface area contributed by atoms with Crippen molar-refractivity contribution in [3.05, 3.63) is 106 Å². The lowest BCUT2D eigenvalue weighted by Gasteiger charge is -2.12. The molecule has 1 aliphatic rings. The number of hydrogen-bond acceptors (Lipinski definition) is 6. The van der Waals surface area contributed by atoms with Crippen LogP contribution in [0, 0.1) is 0 Å². The normalized spacial score (nSPS) is 13.2. The van der Waals surface area contributed by atoms with Crippen LogP contribution in [0.2, 0.25) is 0 Å². The number of benzene rings is 3. The van der Waals surface area contributed by atoms with Gasteiger partial charge in [-0.15, -0.1) is 11.3 Å². The number of rotatable bonds is 7. The number of carbonyl (C=O) groups is 1. The van der Waals surface area contributed by atoms with Gasteiger partial charge in [-0.25, -0.2) is 4.99 Å². The van der Waals surface area contributed by atoms with Crippen molar-refractivity contribution in [1.29, 1.82) is 0 Å². The summed E-state index contributed by atoms with van der Waals surface area (Å²) < 4.78 is 0. The van der Waals surface area contributed by atoms with Gasteiger partial charge in [0.05, 0.1) is 16.9 Å². The molecular weight excluding hydrogens is 468 g/mol. The molecule has 0 atom stereocenters. The smallest absolute Gasteiger partial charge is 0.254 e. The maximum atomic E-state index is 13.2. The molecule has 3 aromatic carbocycles. The number of aromatic hydroxyl groups is 1. The van der Waals surface area contributed by atoms with Gasteiger partial charge in [-0.3, -0.25) is 4.79 Å². The third-order valence-corrected chi connectivity index (χ3v) is 7.25. The number of thiophene rings is 1. The third-order valence-electron chi connectivity index (χ3n) is 6.05. The monoisotopic (exact) mass is 494 g/mol. The molecule has 0 saturated heterocycles. The molecule has 0 spiro atoms. The summed E-state index contributed by atoms with van der Waals surface area (Å²) in [4.78, 5) is 19.1. The molecule has 2 N–H and O–H groups in total. The standard InChI is InChI=1S/C29H26N4O2S/c34-25-17-23(33-32-22-11-5-2-6-12-22)16-15-21(25)19-31-29-27(24-13-7-8-14-26(24)36-29)28(35)30-18-20-9-3-1-4-10-20/h1-6,9-12,15-17,19,34H,7-8,13-14,18H2,(H,30,35). The quantitative estimate of drug-likeness (QED) is 0.207. The predicted octanol–water partition coefficient (Wildman–Crippen LogP) is 7.43. The second-order valence-electron chi connectivity index (χ2n) is 8.60. The fourth-order valence-electron chi connectivity index (χ4n) is 4.18. The van der Waals surface area contributed by atoms with Crippen LogP contribution in [0.5, 0.6) is 5.75 Å². The van der Waals surface area contributed by atoms with Gasteiger partial charge in [-0.1, -0.05) is 48.5 Å². The zero-order valence-corrected chi connectivity index (χ0v) is 20.5. The average molecular weight is 495 g/mol. The number of carbonyl (C=O) groups excluding carboxylic acids is 1. The van der Waals surface area contributed by atoms with Crippen LogP contribution in [0.4, 0.5) is 16.4 Å². The predicted molar refractivity (Wildman–Crippen MR) is 145 cm³/mol. The zero-order valence-electron chi connectivity index (χ0n) is 19.7. The molecule has 1 aliphatic carbocycles. The molecule has 0 saturated carbocycles. The Balaban J connectivity index is 1.36. The summed E-state index contributed by atoms with van der Waals surface area (Å²) in [6.45, 7) is 0.466. The van der Waals surface area contributed by atoms with Crippen molar-refractivity contribution in [3.63, 3.8) is 0 Å². The maximum absolute atomic E-state index is 13.2. The van der Waals surface area contributed by atoms with Gasteiger partial charge in [-0.2, -0.15) is 10.2 Å². The zero-order chi connectivity index (χ0) is 24.7. The average Bonchev–Trinajstić information content (AvgIpc) is 3.30. The molecule has 0 fully saturated rings. The number of phenols is 1. The molecule has 0 aliphatic heterocycles. The lowest BCUT2D eigenvalue weighted by atomic mass is 9.95. The topological polar surface area (TPSA) is 86.4 Å². The van der Waals surface area contributed by atoms with Gasteiger partial charge in [0, 0.05) is 29.3 Å². The largest absolute Gasteiger partial charge is 0.507 e. The van der Waals surface area contributed by atoms with E-state index in [0.29, 0.717) is 28.4 Å². The van der Waals surface area contributed by atoms with E-state index in [1.165, 1.54) is 4.88 Å². The fourth-order valence-corrected chi connectivity index (χ4v) is 5.42. The summed E-state index contributed by atoms with van der Waals surface area (Å²) in [5, 5.41) is 22.7. The van der Waals surface area contributed by atoms with E-state index in [1.54, 1.807) is 35.8 Å². The summed E-state index contributed by atoms with van der Waals surface area (Å²) in [7, 11) is 0. The van der Waals surface area contributed by atoms with Crippen LogP contribution in [-0.2, 0) is 19.4 Å². The van der Waals surface area contributed by atoms with Gasteiger partial charge >= 0.3 is 0 Å². The molecule has 1 heterocycles. The van der Waals surface area contributed by atoms with Crippen molar-refractivity contribution in [2.45, 2.75) is 32.2 Å². The first-order chi connectivity index (χ1) is 17.7. The lowest BCUT2D eigenvalue weighted by Crippen LogP contribution is -2.24. The molecule has 1 aromatic heterocycles. The van der Waals surface area contributed by atoms with Gasteiger partial charge in [-0.05, 0) is 61.1 Å². The molecule has 5 rings (SSSR count). The van der Waals surface area contributed by atoms with Crippen molar-refractivity contribution < 1.29 is 9.90 Å². The van der Waals surface area contributed by atoms with Gasteiger partial charge in [0.15, 0.2) is 0 Å². The molecule has 0 bridgehead atoms. The highest BCUT2D eigenvalue weighted by molar-refractivity contribution is 7.16. The number of phenolic OH excluding ortho intramolecular Hbond substituents is 1. The van der Waals surface area contributed by atoms with E-state index >= 15 is 0 Å². The Bertz CT molecular complexity index is 1410. The van der Waals surface area contributed by atoms with Crippen LogP contribution < -0.4 is 5.32 Å². The van der Waals surface area contributed by atoms with Gasteiger partial charge < -0.3 is 10.4 Å². The minimum absolute atomic E-state index is 0.0552. The first kappa shape index (κ1) is 23.6. The van der Waals surface area contributed by atoms with Crippen molar-refractivity contribution in [2.24, 2.45) is 15.2 Å². The molecule has 0 unspecified atom stereocenters. The van der Waals surface area contributed by atoms with Crippen LogP contribution in [0.3, 0.4) is 0 Å². The number of nitrogens with zero attached hydrogens (tertiary/aromatic N) is 3. The molecule has 6 nitrogen and oxygen atoms in total. The van der Waals surface area contributed by atoms with Crippen LogP contribution in [-0.4, -0.2) is 17.2 Å². The number of fused-ring (bicyclic) bond motifs is 1. The van der Waals surface area contributed by atoms with E-state index in [2.05, 4.69) is 20.5 Å². The third kappa shape index (κ3) is 5.58. The second-order valence-corrected chi connectivity index (χ2v) is 9.68. The Hall–Kier alpha value is -4.10. The van der Waals surface area contributed by atoms with E-state index in [0.717, 1.165) is 42.5 Å². The lowest BCUT2D eigenvalue weighted by molar-refractivity contribution is 0.0951. The molecule has 180 valence electrons. The Morgan fingerprint density at radius 1 is 0.917 bits per heavy atom. The number of azo groups is 1. The van der Waals surface area contributed by atoms with Gasteiger partial charge in [0.2, 0.25) is 0 Å². The number of hydrogen-bond donors (Lipinski definition) is 2. The Kier molecular flexibility index (Phi) is 7.28. The van der Waals surface area contributed by atoms with E-state index in [-0.39, 0.29) is 11.7 Å². The minimum Gasteiger partial charge on any atom is -0.507 e. The fraction of sp³-hybridized carbons (Fsp3) is 0.172. The van der Waals surface area contributed by atoms with E-state index in [4.69, 9.17) is 0 Å². The van der Waals surface area contributed by atoms with Crippen molar-refractivity contribution in [3.8, 4) is 5.75 Å². The molecule has 1 amide bonds. The summed E-state index contributed by atoms with van der Waals surface area (Å²) >= 11 is 1.57. The molecule has 36 heavy (non-hydrogen) atoms. The first-order valence-corrected chi connectivity index (χ1v) is 12.8. The van der Waals surface area contributed by atoms with Crippen LogP contribution >= 0.6 is 11.3 Å². The minimum atomic E-state index is -0.105. The SMILES string of the molecule is O=C(NCc1ccccc1)c1c(N=Cc2ccc(N=Nc3ccccc3)cc2O)sc2c1CCCC2. The van der Waals surface area contributed by atoms with E-state index in [1.807, 2.05) is 60.7 Å². The van der Waals surface area contributed by atoms with Gasteiger partial charge in [0.25, 0.3) is 5.91 Å². The van der Waals surface area contributed by atoms with E-state index in [9.17, 15) is 9.90 Å². The van der Waals surface area contributed by atoms with E-state index < -0.39 is 0 Å². The summed E-state index contributed by atoms with van der Waals surface area (Å²) in [5.74, 6) is -0.0500. The number of nitrogens with one attached hydrogen (secondary N) is 1. The molecular formula is C29H26N4O2S. The van der Waals surface area contributed by atoms with Crippen molar-refractivity contribution >= 4 is 39.8 Å². The second kappa shape index (κ2) is 11.1. The molecule has 4 aromatic rings. The van der Waals surface area contributed by atoms with Crippen LogP contribution in [0.15, 0.2) is 94.1 Å². The Morgan fingerprint density at radius 3 is 2.42 bits per heavy atom. The highest BCUT2D eigenvalue weighted by atomic mass is 32.1. The summed E-state index contributed by atoms with van der Waals surface area (Å²) in [6.07, 6.45) is 5.68. The highest BCUT2D eigenvalue weighted by Crippen LogP contribution is 2.40. The molecule has 7 heteroatoms. The highest BCUT2D eigenvalue weighted by Gasteiger charge is 2.25. The number of aryl methyl sites for hydroxylation is 1. The number of aliphatic imine (C=N–C) groups is 1. The Labute approximate surface area is 214 Å². The summed E-state index contributed by atoms with van der Waals surface area (Å²) in [5.41, 5.74) is 4.66. The summed E-state index contributed by atoms with van der Waals surface area (Å²) in [6, 6.07) is 24.4. The van der Waals surface area contributed by atoms with Crippen molar-refractivity contribution in [1.82, 2.24) is 5.32 Å². The van der Waals surface area contributed by atoms with Crippen LogP contribution in [0.1, 0.15) is 44.8 Å². The number of amides is 1. The molecule has 0 radical (unpaired) electrons. The van der Waals surface area contributed by atoms with Gasteiger partial charge in [0.1, 0.15) is 10.8 Å². The van der Waals surface area contributed by atoms with Crippen molar-refractivity contribution in [2.75, 3.05) is 0 Å². The van der Waals surface area contributed by atoms with Crippen LogP contribution in [0.25, 0.3) is 0 Å².